The van der Waals surface area contributed by atoms with Crippen molar-refractivity contribution in [2.24, 2.45) is 0 Å². The van der Waals surface area contributed by atoms with Crippen molar-refractivity contribution in [3.8, 4) is 5.88 Å². The van der Waals surface area contributed by atoms with Gasteiger partial charge in [-0.3, -0.25) is 4.57 Å². The third-order valence-corrected chi connectivity index (χ3v) is 9.60. The Morgan fingerprint density at radius 2 is 1.38 bits per heavy atom. The lowest BCUT2D eigenvalue weighted by atomic mass is 10.0. The summed E-state index contributed by atoms with van der Waals surface area (Å²) in [6.45, 7) is 4.64. The van der Waals surface area contributed by atoms with Crippen molar-refractivity contribution in [3.05, 3.63) is 42.2 Å². The van der Waals surface area contributed by atoms with Gasteiger partial charge in [0.05, 0.1) is 33.3 Å². The van der Waals surface area contributed by atoms with Gasteiger partial charge in [0.2, 0.25) is 11.8 Å². The van der Waals surface area contributed by atoms with Crippen LogP contribution in [0.1, 0.15) is 109 Å². The molecule has 1 unspecified atom stereocenters. The Labute approximate surface area is 281 Å². The summed E-state index contributed by atoms with van der Waals surface area (Å²) < 4.78 is 43.8. The molecule has 0 aliphatic heterocycles. The predicted octanol–water partition coefficient (Wildman–Crippen LogP) is 8.71. The molecule has 0 saturated heterocycles. The van der Waals surface area contributed by atoms with E-state index in [1.807, 2.05) is 30.3 Å². The summed E-state index contributed by atoms with van der Waals surface area (Å²) in [5.74, 6) is 0.399. The molecule has 0 bridgehead atoms. The number of nitrogens with zero attached hydrogens (tertiary/aromatic N) is 4. The zero-order chi connectivity index (χ0) is 33.4. The Hall–Kier alpha value is -2.56. The van der Waals surface area contributed by atoms with Crippen molar-refractivity contribution in [2.45, 2.75) is 116 Å². The van der Waals surface area contributed by atoms with Crippen LogP contribution in [0.3, 0.4) is 0 Å². The minimum absolute atomic E-state index is 0.0906. The van der Waals surface area contributed by atoms with Crippen LogP contribution < -0.4 is 10.5 Å². The average Bonchev–Trinajstić information content (AvgIpc) is 3.49. The maximum absolute atomic E-state index is 13.6. The molecule has 47 heavy (non-hydrogen) atoms. The van der Waals surface area contributed by atoms with Crippen molar-refractivity contribution in [3.63, 3.8) is 0 Å². The number of hydrogen-bond acceptors (Lipinski definition) is 10. The number of aromatic nitrogens is 4. The summed E-state index contributed by atoms with van der Waals surface area (Å²) in [6.07, 6.45) is 20.8. The number of ether oxygens (including phenoxy) is 3. The van der Waals surface area contributed by atoms with Crippen molar-refractivity contribution in [1.82, 2.24) is 19.5 Å². The summed E-state index contributed by atoms with van der Waals surface area (Å²) in [5, 5.41) is 0. The number of nitrogens with two attached hydrogens (primary N) is 1. The number of rotatable bonds is 29. The Kier molecular flexibility index (Phi) is 19.6. The standard InChI is InChI=1S/C35H58N5O6P/c1-3-4-5-6-7-8-9-10-11-12-13-14-15-19-24-43-25-20-26-45-47(41,46-28-31-21-17-16-18-22-31)30-44-27-23-40-29-37-32-33(40)38-35(36)39-34(32)42-2/h16-18,21-22,29H,3-15,19-20,23-28,30H2,1-2H3,(H2,36,38,39). The van der Waals surface area contributed by atoms with E-state index >= 15 is 0 Å². The molecule has 1 aromatic carbocycles. The van der Waals surface area contributed by atoms with E-state index in [1.165, 1.54) is 90.6 Å². The SMILES string of the molecule is CCCCCCCCCCCCCCCCOCCCOP(=O)(COCCn1cnc2c(OC)nc(N)nc21)OCc1ccccc1. The topological polar surface area (TPSA) is 133 Å². The molecule has 2 N–H and O–H groups in total. The Morgan fingerprint density at radius 3 is 2.04 bits per heavy atom. The lowest BCUT2D eigenvalue weighted by molar-refractivity contribution is 0.0979. The van der Waals surface area contributed by atoms with Gasteiger partial charge in [0.15, 0.2) is 11.2 Å². The van der Waals surface area contributed by atoms with E-state index < -0.39 is 7.60 Å². The van der Waals surface area contributed by atoms with Gasteiger partial charge in [-0.1, -0.05) is 121 Å². The molecule has 2 aromatic heterocycles. The Morgan fingerprint density at radius 1 is 0.745 bits per heavy atom. The first kappa shape index (κ1) is 38.9. The number of hydrogen-bond donors (Lipinski definition) is 1. The maximum atomic E-state index is 13.6. The number of anilines is 1. The van der Waals surface area contributed by atoms with Gasteiger partial charge in [0, 0.05) is 19.8 Å². The summed E-state index contributed by atoms with van der Waals surface area (Å²) in [4.78, 5) is 12.6. The molecule has 0 spiro atoms. The van der Waals surface area contributed by atoms with Crippen molar-refractivity contribution in [1.29, 1.82) is 0 Å². The number of unbranched alkanes of at least 4 members (excludes halogenated alkanes) is 13. The Bertz CT molecular complexity index is 1280. The molecule has 0 saturated carbocycles. The first-order chi connectivity index (χ1) is 23.0. The number of fused-ring (bicyclic) bond motifs is 1. The highest BCUT2D eigenvalue weighted by Crippen LogP contribution is 2.49. The highest BCUT2D eigenvalue weighted by Gasteiger charge is 2.25. The van der Waals surface area contributed by atoms with Gasteiger partial charge in [-0.25, -0.2) is 4.98 Å². The highest BCUT2D eigenvalue weighted by molar-refractivity contribution is 7.53. The normalized spacial score (nSPS) is 12.9. The van der Waals surface area contributed by atoms with Gasteiger partial charge in [0.1, 0.15) is 6.35 Å². The van der Waals surface area contributed by atoms with Crippen LogP contribution in [0.4, 0.5) is 5.95 Å². The van der Waals surface area contributed by atoms with Crippen molar-refractivity contribution >= 4 is 24.7 Å². The summed E-state index contributed by atoms with van der Waals surface area (Å²) >= 11 is 0. The van der Waals surface area contributed by atoms with Gasteiger partial charge in [0.25, 0.3) is 0 Å². The summed E-state index contributed by atoms with van der Waals surface area (Å²) in [5.41, 5.74) is 7.76. The van der Waals surface area contributed by atoms with Gasteiger partial charge >= 0.3 is 7.60 Å². The van der Waals surface area contributed by atoms with Gasteiger partial charge in [-0.15, -0.1) is 0 Å². The second-order valence-corrected chi connectivity index (χ2v) is 14.0. The molecule has 0 radical (unpaired) electrons. The van der Waals surface area contributed by atoms with E-state index in [0.717, 1.165) is 18.6 Å². The smallest absolute Gasteiger partial charge is 0.356 e. The van der Waals surface area contributed by atoms with E-state index in [9.17, 15) is 4.57 Å². The van der Waals surface area contributed by atoms with Crippen molar-refractivity contribution in [2.75, 3.05) is 45.6 Å². The molecule has 3 rings (SSSR count). The quantitative estimate of drug-likeness (QED) is 0.0563. The van der Waals surface area contributed by atoms with Crippen LogP contribution in [0.2, 0.25) is 0 Å². The monoisotopic (exact) mass is 675 g/mol. The first-order valence-electron chi connectivity index (χ1n) is 17.6. The van der Waals surface area contributed by atoms with Gasteiger partial charge in [-0.2, -0.15) is 9.97 Å². The van der Waals surface area contributed by atoms with E-state index in [4.69, 9.17) is 29.0 Å². The molecule has 12 heteroatoms. The van der Waals surface area contributed by atoms with Gasteiger partial charge in [-0.05, 0) is 18.4 Å². The lowest BCUT2D eigenvalue weighted by Crippen LogP contribution is -2.10. The minimum Gasteiger partial charge on any atom is -0.479 e. The highest BCUT2D eigenvalue weighted by atomic mass is 31.2. The maximum Gasteiger partial charge on any atom is 0.356 e. The second kappa shape index (κ2) is 23.7. The first-order valence-corrected chi connectivity index (χ1v) is 19.4. The largest absolute Gasteiger partial charge is 0.479 e. The fourth-order valence-electron chi connectivity index (χ4n) is 5.30. The van der Waals surface area contributed by atoms with Crippen LogP contribution in [0.15, 0.2) is 36.7 Å². The summed E-state index contributed by atoms with van der Waals surface area (Å²) in [7, 11) is -2.02. The van der Waals surface area contributed by atoms with E-state index in [1.54, 1.807) is 10.9 Å². The molecule has 0 aliphatic carbocycles. The molecular formula is C35H58N5O6P. The van der Waals surface area contributed by atoms with Crippen LogP contribution in [0.5, 0.6) is 5.88 Å². The van der Waals surface area contributed by atoms with Crippen LogP contribution in [-0.2, 0) is 36.2 Å². The third kappa shape index (κ3) is 15.9. The zero-order valence-corrected chi connectivity index (χ0v) is 29.7. The molecule has 0 fully saturated rings. The predicted molar refractivity (Wildman–Crippen MR) is 188 cm³/mol. The fourth-order valence-corrected chi connectivity index (χ4v) is 6.63. The summed E-state index contributed by atoms with van der Waals surface area (Å²) in [6, 6.07) is 9.59. The van der Waals surface area contributed by atoms with Crippen LogP contribution in [0.25, 0.3) is 11.2 Å². The molecule has 3 aromatic rings. The number of nitrogen functional groups attached to an aromatic ring is 1. The number of benzene rings is 1. The van der Waals surface area contributed by atoms with Gasteiger partial charge < -0.3 is 33.6 Å². The average molecular weight is 676 g/mol. The second-order valence-electron chi connectivity index (χ2n) is 12.0. The zero-order valence-electron chi connectivity index (χ0n) is 28.8. The number of methoxy groups -OCH3 is 1. The molecule has 1 atom stereocenters. The molecule has 2 heterocycles. The van der Waals surface area contributed by atoms with Crippen molar-refractivity contribution < 1.29 is 27.8 Å². The minimum atomic E-state index is -3.52. The lowest BCUT2D eigenvalue weighted by Gasteiger charge is -2.19. The molecule has 264 valence electrons. The molecular weight excluding hydrogens is 617 g/mol. The third-order valence-electron chi connectivity index (χ3n) is 8.00. The molecule has 11 nitrogen and oxygen atoms in total. The molecule has 0 amide bonds. The van der Waals surface area contributed by atoms with Crippen LogP contribution in [0, 0.1) is 0 Å². The molecule has 0 aliphatic rings. The fraction of sp³-hybridized carbons (Fsp3) is 0.686. The van der Waals surface area contributed by atoms with Crippen LogP contribution >= 0.6 is 7.60 Å². The van der Waals surface area contributed by atoms with E-state index in [0.29, 0.717) is 36.6 Å². The number of imidazole rings is 1. The van der Waals surface area contributed by atoms with E-state index in [2.05, 4.69) is 21.9 Å². The van der Waals surface area contributed by atoms with E-state index in [-0.39, 0.29) is 32.1 Å². The Balaban J connectivity index is 1.27. The van der Waals surface area contributed by atoms with Crippen LogP contribution in [-0.4, -0.2) is 59.4 Å².